The molecule has 0 aliphatic carbocycles. The van der Waals surface area contributed by atoms with Crippen molar-refractivity contribution >= 4 is 5.97 Å². The minimum absolute atomic E-state index is 0.312. The van der Waals surface area contributed by atoms with Crippen LogP contribution in [0.3, 0.4) is 0 Å². The van der Waals surface area contributed by atoms with Gasteiger partial charge in [0.25, 0.3) is 6.43 Å². The summed E-state index contributed by atoms with van der Waals surface area (Å²) in [5.74, 6) is -3.49. The summed E-state index contributed by atoms with van der Waals surface area (Å²) in [4.78, 5) is 10.7. The number of carbonyl (C=O) groups is 1. The lowest BCUT2D eigenvalue weighted by Gasteiger charge is -2.12. The Morgan fingerprint density at radius 3 is 2.50 bits per heavy atom. The number of nitrogens with two attached hydrogens (primary N) is 1. The van der Waals surface area contributed by atoms with E-state index in [2.05, 4.69) is 0 Å². The number of carboxylic acid groups (broad SMARTS) is 1. The molecule has 1 atom stereocenters. The van der Waals surface area contributed by atoms with Crippen LogP contribution in [0.2, 0.25) is 0 Å². The van der Waals surface area contributed by atoms with E-state index in [1.165, 1.54) is 0 Å². The van der Waals surface area contributed by atoms with Crippen LogP contribution in [0, 0.1) is 5.82 Å². The summed E-state index contributed by atoms with van der Waals surface area (Å²) in [6.45, 7) is -0.348. The predicted octanol–water partition coefficient (Wildman–Crippen LogP) is 1.89. The lowest BCUT2D eigenvalue weighted by atomic mass is 9.97. The van der Waals surface area contributed by atoms with E-state index >= 15 is 0 Å². The second-order valence-electron chi connectivity index (χ2n) is 3.21. The Labute approximate surface area is 89.7 Å². The van der Waals surface area contributed by atoms with Crippen LogP contribution in [0.15, 0.2) is 18.2 Å². The molecule has 1 aromatic carbocycles. The molecule has 1 aromatic rings. The molecule has 0 heterocycles. The van der Waals surface area contributed by atoms with Gasteiger partial charge in [0.05, 0.1) is 5.92 Å². The maximum atomic E-state index is 13.3. The first kappa shape index (κ1) is 12.5. The van der Waals surface area contributed by atoms with E-state index in [-0.39, 0.29) is 12.1 Å². The third-order valence-corrected chi connectivity index (χ3v) is 2.18. The van der Waals surface area contributed by atoms with Crippen molar-refractivity contribution in [1.82, 2.24) is 0 Å². The summed E-state index contributed by atoms with van der Waals surface area (Å²) >= 11 is 0. The minimum Gasteiger partial charge on any atom is -0.481 e. The van der Waals surface area contributed by atoms with Crippen LogP contribution in [0.1, 0.15) is 23.5 Å². The van der Waals surface area contributed by atoms with Gasteiger partial charge in [-0.3, -0.25) is 4.79 Å². The summed E-state index contributed by atoms with van der Waals surface area (Å²) in [5.41, 5.74) is 4.43. The molecule has 3 N–H and O–H groups in total. The first-order chi connectivity index (χ1) is 7.47. The molecule has 6 heteroatoms. The number of alkyl halides is 2. The summed E-state index contributed by atoms with van der Waals surface area (Å²) in [6.07, 6.45) is -2.77. The fourth-order valence-corrected chi connectivity index (χ4v) is 1.33. The third-order valence-electron chi connectivity index (χ3n) is 2.18. The number of aliphatic carboxylic acids is 1. The standard InChI is InChI=1S/C10H10F3NO2/c11-8-2-1-5(9(12)13)3-6(8)7(4-14)10(15)16/h1-3,7,9H,4,14H2,(H,15,16). The Morgan fingerprint density at radius 1 is 1.44 bits per heavy atom. The third kappa shape index (κ3) is 2.52. The van der Waals surface area contributed by atoms with Crippen LogP contribution in [0.5, 0.6) is 0 Å². The number of hydrogen-bond acceptors (Lipinski definition) is 2. The number of rotatable bonds is 4. The smallest absolute Gasteiger partial charge is 0.312 e. The predicted molar refractivity (Wildman–Crippen MR) is 50.8 cm³/mol. The highest BCUT2D eigenvalue weighted by Crippen LogP contribution is 2.25. The lowest BCUT2D eigenvalue weighted by molar-refractivity contribution is -0.138. The lowest BCUT2D eigenvalue weighted by Crippen LogP contribution is -2.22. The summed E-state index contributed by atoms with van der Waals surface area (Å²) in [6, 6.07) is 2.58. The highest BCUT2D eigenvalue weighted by Gasteiger charge is 2.23. The molecule has 0 aliphatic heterocycles. The first-order valence-electron chi connectivity index (χ1n) is 4.47. The highest BCUT2D eigenvalue weighted by atomic mass is 19.3. The zero-order chi connectivity index (χ0) is 12.3. The molecule has 0 spiro atoms. The number of benzene rings is 1. The molecule has 1 rings (SSSR count). The van der Waals surface area contributed by atoms with Crippen molar-refractivity contribution < 1.29 is 23.1 Å². The summed E-state index contributed by atoms with van der Waals surface area (Å²) in [5, 5.41) is 8.75. The Hall–Kier alpha value is -1.56. The van der Waals surface area contributed by atoms with Crippen LogP contribution in [-0.2, 0) is 4.79 Å². The average Bonchev–Trinajstić information content (AvgIpc) is 2.20. The molecule has 0 saturated heterocycles. The molecule has 0 fully saturated rings. The maximum Gasteiger partial charge on any atom is 0.312 e. The van der Waals surface area contributed by atoms with Crippen LogP contribution in [-0.4, -0.2) is 17.6 Å². The van der Waals surface area contributed by atoms with Gasteiger partial charge in [-0.2, -0.15) is 0 Å². The topological polar surface area (TPSA) is 63.3 Å². The van der Waals surface area contributed by atoms with E-state index in [1.807, 2.05) is 0 Å². The second-order valence-corrected chi connectivity index (χ2v) is 3.21. The molecule has 0 radical (unpaired) electrons. The normalized spacial score (nSPS) is 12.8. The minimum atomic E-state index is -2.77. The molecule has 0 aromatic heterocycles. The molecular formula is C10H10F3NO2. The van der Waals surface area contributed by atoms with Crippen molar-refractivity contribution in [3.63, 3.8) is 0 Å². The molecule has 16 heavy (non-hydrogen) atoms. The van der Waals surface area contributed by atoms with Gasteiger partial charge in [-0.25, -0.2) is 13.2 Å². The molecule has 88 valence electrons. The van der Waals surface area contributed by atoms with Gasteiger partial charge in [0.15, 0.2) is 0 Å². The number of halogens is 3. The fourth-order valence-electron chi connectivity index (χ4n) is 1.33. The van der Waals surface area contributed by atoms with Crippen molar-refractivity contribution in [2.75, 3.05) is 6.54 Å². The largest absolute Gasteiger partial charge is 0.481 e. The molecule has 0 saturated carbocycles. The van der Waals surface area contributed by atoms with E-state index < -0.39 is 29.7 Å². The first-order valence-corrected chi connectivity index (χ1v) is 4.47. The molecule has 0 aliphatic rings. The fraction of sp³-hybridized carbons (Fsp3) is 0.300. The van der Waals surface area contributed by atoms with Crippen LogP contribution < -0.4 is 5.73 Å². The van der Waals surface area contributed by atoms with E-state index in [1.54, 1.807) is 0 Å². The Bertz CT molecular complexity index is 396. The Morgan fingerprint density at radius 2 is 2.06 bits per heavy atom. The van der Waals surface area contributed by atoms with Gasteiger partial charge in [-0.05, 0) is 12.1 Å². The van der Waals surface area contributed by atoms with Gasteiger partial charge in [0.1, 0.15) is 5.82 Å². The van der Waals surface area contributed by atoms with Crippen molar-refractivity contribution in [1.29, 1.82) is 0 Å². The van der Waals surface area contributed by atoms with Gasteiger partial charge in [-0.15, -0.1) is 0 Å². The zero-order valence-corrected chi connectivity index (χ0v) is 8.16. The van der Waals surface area contributed by atoms with Crippen molar-refractivity contribution in [3.05, 3.63) is 35.1 Å². The highest BCUT2D eigenvalue weighted by molar-refractivity contribution is 5.76. The van der Waals surface area contributed by atoms with E-state index in [0.717, 1.165) is 18.2 Å². The van der Waals surface area contributed by atoms with Crippen molar-refractivity contribution in [2.45, 2.75) is 12.3 Å². The molecular weight excluding hydrogens is 223 g/mol. The number of hydrogen-bond donors (Lipinski definition) is 2. The van der Waals surface area contributed by atoms with Gasteiger partial charge >= 0.3 is 5.97 Å². The van der Waals surface area contributed by atoms with Gasteiger partial charge in [0.2, 0.25) is 0 Å². The number of carboxylic acids is 1. The van der Waals surface area contributed by atoms with Gasteiger partial charge < -0.3 is 10.8 Å². The molecule has 0 bridgehead atoms. The van der Waals surface area contributed by atoms with E-state index in [4.69, 9.17) is 10.8 Å². The van der Waals surface area contributed by atoms with E-state index in [9.17, 15) is 18.0 Å². The zero-order valence-electron chi connectivity index (χ0n) is 8.16. The molecule has 1 unspecified atom stereocenters. The second kappa shape index (κ2) is 4.98. The average molecular weight is 233 g/mol. The monoisotopic (exact) mass is 233 g/mol. The molecule has 0 amide bonds. The van der Waals surface area contributed by atoms with Crippen LogP contribution >= 0.6 is 0 Å². The van der Waals surface area contributed by atoms with Crippen molar-refractivity contribution in [3.8, 4) is 0 Å². The molecule has 3 nitrogen and oxygen atoms in total. The van der Waals surface area contributed by atoms with E-state index in [0.29, 0.717) is 0 Å². The van der Waals surface area contributed by atoms with Gasteiger partial charge in [0, 0.05) is 17.7 Å². The van der Waals surface area contributed by atoms with Crippen molar-refractivity contribution in [2.24, 2.45) is 5.73 Å². The summed E-state index contributed by atoms with van der Waals surface area (Å²) < 4.78 is 38.0. The Balaban J connectivity index is 3.19. The summed E-state index contributed by atoms with van der Waals surface area (Å²) in [7, 11) is 0. The van der Waals surface area contributed by atoms with Crippen LogP contribution in [0.25, 0.3) is 0 Å². The van der Waals surface area contributed by atoms with Gasteiger partial charge in [-0.1, -0.05) is 6.07 Å². The quantitative estimate of drug-likeness (QED) is 0.834. The SMILES string of the molecule is NCC(C(=O)O)c1cc(C(F)F)ccc1F. The Kier molecular flexibility index (Phi) is 3.89. The maximum absolute atomic E-state index is 13.3. The van der Waals surface area contributed by atoms with Crippen LogP contribution in [0.4, 0.5) is 13.2 Å².